The number of amides is 7. The van der Waals surface area contributed by atoms with Crippen LogP contribution in [-0.4, -0.2) is 198 Å². The van der Waals surface area contributed by atoms with Crippen molar-refractivity contribution in [1.29, 1.82) is 0 Å². The Bertz CT molecular complexity index is 3200. The number of likely N-dealkylation sites (tertiary alicyclic amines) is 1. The summed E-state index contributed by atoms with van der Waals surface area (Å²) in [5.74, 6) is -8.13. The summed E-state index contributed by atoms with van der Waals surface area (Å²) in [4.78, 5) is 166. The zero-order valence-electron chi connectivity index (χ0n) is 64.0. The summed E-state index contributed by atoms with van der Waals surface area (Å²) in [6, 6.07) is 12.0. The predicted octanol–water partition coefficient (Wildman–Crippen LogP) is 9.28. The van der Waals surface area contributed by atoms with Crippen LogP contribution in [0.15, 0.2) is 79.9 Å². The second-order valence-electron chi connectivity index (χ2n) is 28.9. The fourth-order valence-corrected chi connectivity index (χ4v) is 14.7. The van der Waals surface area contributed by atoms with Crippen molar-refractivity contribution >= 4 is 88.5 Å². The van der Waals surface area contributed by atoms with Crippen LogP contribution in [-0.2, 0) is 83.0 Å². The van der Waals surface area contributed by atoms with Crippen LogP contribution >= 0.6 is 11.8 Å². The smallest absolute Gasteiger partial charge is 0.410 e. The number of methoxy groups -OCH3 is 2. The first-order valence-electron chi connectivity index (χ1n) is 36.7. The van der Waals surface area contributed by atoms with Crippen LogP contribution in [0.25, 0.3) is 0 Å². The fourth-order valence-electron chi connectivity index (χ4n) is 14.0. The molecule has 2 aromatic rings. The lowest BCUT2D eigenvalue weighted by molar-refractivity contribution is -0.165. The Balaban J connectivity index is 1.35. The highest BCUT2D eigenvalue weighted by atomic mass is 32.2. The van der Waals surface area contributed by atoms with Gasteiger partial charge in [-0.15, -0.1) is 0 Å². The number of hydrogen-bond acceptors (Lipinski definition) is 20. The summed E-state index contributed by atoms with van der Waals surface area (Å²) in [6.45, 7) is 25.6. The van der Waals surface area contributed by atoms with E-state index >= 15 is 0 Å². The van der Waals surface area contributed by atoms with Gasteiger partial charge in [-0.3, -0.25) is 38.4 Å². The number of ether oxygens (including phenoxy) is 6. The van der Waals surface area contributed by atoms with Crippen LogP contribution in [0.5, 0.6) is 0 Å². The average Bonchev–Trinajstić information content (AvgIpc) is 1.80. The molecule has 1 unspecified atom stereocenters. The second-order valence-corrected chi connectivity index (χ2v) is 30.0. The molecular weight excluding hydrogens is 1370 g/mol. The van der Waals surface area contributed by atoms with Gasteiger partial charge < -0.3 is 69.9 Å². The molecule has 15 atom stereocenters. The van der Waals surface area contributed by atoms with Gasteiger partial charge in [-0.2, -0.15) is 11.8 Å². The number of aliphatic hydroxyl groups is 1. The molecule has 0 radical (unpaired) electrons. The highest BCUT2D eigenvalue weighted by Crippen LogP contribution is 2.34. The van der Waals surface area contributed by atoms with Crippen molar-refractivity contribution in [3.63, 3.8) is 0 Å². The first kappa shape index (κ1) is 89.4. The summed E-state index contributed by atoms with van der Waals surface area (Å²) in [5, 5.41) is 19.2. The molecule has 27 heteroatoms. The number of nitrogens with one attached hydrogen (secondary N) is 3. The van der Waals surface area contributed by atoms with Crippen LogP contribution in [0.4, 0.5) is 15.3 Å². The number of esters is 3. The van der Waals surface area contributed by atoms with E-state index < -0.39 is 132 Å². The summed E-state index contributed by atoms with van der Waals surface area (Å²) in [5.41, 5.74) is 6.90. The Hall–Kier alpha value is -8.01. The number of aliphatic hydroxyl groups excluding tert-OH is 1. The minimum absolute atomic E-state index is 0.0646. The van der Waals surface area contributed by atoms with Crippen molar-refractivity contribution in [3.8, 4) is 0 Å². The van der Waals surface area contributed by atoms with Gasteiger partial charge in [0.2, 0.25) is 23.6 Å². The molecule has 584 valence electrons. The number of benzene rings is 2. The van der Waals surface area contributed by atoms with E-state index in [1.807, 2.05) is 71.9 Å². The molecule has 2 fully saturated rings. The molecule has 0 bridgehead atoms. The second kappa shape index (κ2) is 44.8. The lowest BCUT2D eigenvalue weighted by atomic mass is 9.83. The molecule has 0 spiro atoms. The lowest BCUT2D eigenvalue weighted by Crippen LogP contribution is -2.54. The van der Waals surface area contributed by atoms with E-state index in [-0.39, 0.29) is 136 Å². The SMILES string of the molecule is C=CC(=O)O[C@@H]1CC(OC(=O)CCSCC(=O)N[C@H](C(=O)C[C@@H](CCCNC(N)=O)C(=O)Nc2ccc(COC(=O)N(C)[C@H](C(=O)C[C@H](C(=O)N(C)[C@@H]([C@H](C)CC)[C@@H](CC(=O)N3CCC[C@H]3[C@H](OC)[C@@H](C)C(=O)C[C@H](C)[C@@H](O)c3ccccc3)OC)C(C)C)C(C)C)cc2)C(C)C)C[C@H](OC(=O)C=C)C1. The highest BCUT2D eigenvalue weighted by Gasteiger charge is 2.45. The summed E-state index contributed by atoms with van der Waals surface area (Å²) in [6.07, 6.45) is -0.624. The molecule has 105 heavy (non-hydrogen) atoms. The number of thioether (sulfide) groups is 1. The first-order chi connectivity index (χ1) is 49.7. The Kier molecular flexibility index (Phi) is 38.2. The topological polar surface area (TPSA) is 352 Å². The number of primary amides is 1. The number of likely N-dealkylation sites (N-methyl/N-ethyl adjacent to an activating group) is 2. The van der Waals surface area contributed by atoms with Crippen molar-refractivity contribution in [3.05, 3.63) is 91.0 Å². The Morgan fingerprint density at radius 2 is 1.33 bits per heavy atom. The monoisotopic (exact) mass is 1490 g/mol. The van der Waals surface area contributed by atoms with Gasteiger partial charge in [0.25, 0.3) is 0 Å². The van der Waals surface area contributed by atoms with Gasteiger partial charge in [0, 0.05) is 121 Å². The molecule has 1 aliphatic carbocycles. The van der Waals surface area contributed by atoms with Gasteiger partial charge in [-0.05, 0) is 78.5 Å². The molecular formula is C78H117N7O19S. The normalized spacial score (nSPS) is 19.0. The zero-order valence-corrected chi connectivity index (χ0v) is 64.8. The summed E-state index contributed by atoms with van der Waals surface area (Å²) < 4.78 is 34.2. The number of anilines is 1. The Labute approximate surface area is 624 Å². The first-order valence-corrected chi connectivity index (χ1v) is 37.8. The number of Topliss-reactive ketones (excluding diaryl/α,β-unsaturated/α-hetero) is 3. The van der Waals surface area contributed by atoms with Crippen molar-refractivity contribution in [1.82, 2.24) is 25.3 Å². The van der Waals surface area contributed by atoms with Gasteiger partial charge >= 0.3 is 30.0 Å². The number of nitrogens with zero attached hydrogens (tertiary/aromatic N) is 3. The third-order valence-electron chi connectivity index (χ3n) is 20.0. The minimum atomic E-state index is -0.986. The fraction of sp³-hybridized carbons (Fsp3) is 0.641. The maximum atomic E-state index is 14.9. The third kappa shape index (κ3) is 28.3. The van der Waals surface area contributed by atoms with Gasteiger partial charge in [-0.1, -0.05) is 131 Å². The van der Waals surface area contributed by atoms with Gasteiger partial charge in [-0.25, -0.2) is 19.2 Å². The van der Waals surface area contributed by atoms with Gasteiger partial charge in [0.1, 0.15) is 30.7 Å². The molecule has 4 rings (SSSR count). The largest absolute Gasteiger partial charge is 0.462 e. The maximum absolute atomic E-state index is 14.9. The molecule has 1 saturated heterocycles. The molecule has 26 nitrogen and oxygen atoms in total. The van der Waals surface area contributed by atoms with Crippen LogP contribution < -0.4 is 21.7 Å². The van der Waals surface area contributed by atoms with Crippen LogP contribution in [0.3, 0.4) is 0 Å². The van der Waals surface area contributed by atoms with E-state index in [4.69, 9.17) is 34.2 Å². The zero-order chi connectivity index (χ0) is 78.4. The van der Waals surface area contributed by atoms with E-state index in [0.29, 0.717) is 37.1 Å². The van der Waals surface area contributed by atoms with Crippen LogP contribution in [0.2, 0.25) is 0 Å². The lowest BCUT2D eigenvalue weighted by Gasteiger charge is -2.41. The number of urea groups is 1. The van der Waals surface area contributed by atoms with E-state index in [0.717, 1.165) is 29.5 Å². The Morgan fingerprint density at radius 3 is 1.88 bits per heavy atom. The number of ketones is 3. The molecule has 2 aliphatic rings. The van der Waals surface area contributed by atoms with Crippen molar-refractivity contribution in [2.24, 2.45) is 53.1 Å². The Morgan fingerprint density at radius 1 is 0.724 bits per heavy atom. The molecule has 1 aliphatic heterocycles. The van der Waals surface area contributed by atoms with Gasteiger partial charge in [0.15, 0.2) is 11.6 Å². The van der Waals surface area contributed by atoms with E-state index in [9.17, 15) is 62.6 Å². The standard InChI is InChI=1S/C78H117N7O19S/c1-17-49(10)72(64(99-15)43-66(90)85-35-24-28-60(85)74(100-16)51(12)61(86)37-50(11)73(94)53-25-21-20-22-26-53)83(13)76(96)59(46(4)5)42-63(88)71(48(8)9)84(14)78(98)101-44-52-29-31-55(32-30-52)81-75(95)54(27-23-34-80-77(79)97)38-62(87)70(47(6)7)82-65(89)45-105-36-33-69(93)104-58-40-56(102-67(91)18-2)39-57(41-58)103-68(92)19-3/h18-22,25-26,29-32,46-51,54,56-60,64,70-74,94H,2-3,17,23-24,27-28,33-45H2,1,4-16H3,(H,81,95)(H,82,89)(H3,79,80,97)/t49-,50+,51+,54-,56-,57+,58?,59+,60+,64-,70+,71+,72+,73-,74-/m1/s1. The van der Waals surface area contributed by atoms with Crippen LogP contribution in [0.1, 0.15) is 170 Å². The quantitative estimate of drug-likeness (QED) is 0.0178. The number of carbonyl (C=O) groups excluding carboxylic acids is 12. The molecule has 6 N–H and O–H groups in total. The molecule has 2 aromatic carbocycles. The van der Waals surface area contributed by atoms with Crippen molar-refractivity contribution < 1.29 is 91.1 Å². The predicted molar refractivity (Wildman–Crippen MR) is 398 cm³/mol. The molecule has 1 saturated carbocycles. The number of rotatable bonds is 45. The van der Waals surface area contributed by atoms with E-state index in [1.165, 1.54) is 19.1 Å². The highest BCUT2D eigenvalue weighted by molar-refractivity contribution is 7.99. The van der Waals surface area contributed by atoms with E-state index in [2.05, 4.69) is 29.1 Å². The summed E-state index contributed by atoms with van der Waals surface area (Å²) in [7, 11) is 6.21. The number of hydrogen-bond donors (Lipinski definition) is 5. The maximum Gasteiger partial charge on any atom is 0.410 e. The van der Waals surface area contributed by atoms with Gasteiger partial charge in [0.05, 0.1) is 61.1 Å². The van der Waals surface area contributed by atoms with E-state index in [1.54, 1.807) is 75.9 Å². The molecule has 7 amide bonds. The summed E-state index contributed by atoms with van der Waals surface area (Å²) >= 11 is 1.13. The minimum Gasteiger partial charge on any atom is -0.462 e. The average molecular weight is 1490 g/mol. The van der Waals surface area contributed by atoms with Crippen LogP contribution in [0, 0.1) is 47.3 Å². The molecule has 1 heterocycles. The molecule has 0 aromatic heterocycles. The van der Waals surface area contributed by atoms with Crippen molar-refractivity contribution in [2.75, 3.05) is 58.2 Å². The number of nitrogens with two attached hydrogens (primary N) is 1. The number of carbonyl (C=O) groups is 12. The third-order valence-corrected chi connectivity index (χ3v) is 20.9. The van der Waals surface area contributed by atoms with Crippen molar-refractivity contribution in [2.45, 2.75) is 220 Å².